The van der Waals surface area contributed by atoms with Crippen LogP contribution in [0.25, 0.3) is 0 Å². The molecule has 2 fully saturated rings. The molecule has 2 aromatic rings. The van der Waals surface area contributed by atoms with Crippen LogP contribution >= 0.6 is 24.0 Å². The van der Waals surface area contributed by atoms with Crippen molar-refractivity contribution in [1.29, 1.82) is 0 Å². The molecule has 4 rings (SSSR count). The molecule has 35 heavy (non-hydrogen) atoms. The van der Waals surface area contributed by atoms with E-state index in [0.29, 0.717) is 24.0 Å². The number of hydrogen-bond acceptors (Lipinski definition) is 7. The number of nitrogens with zero attached hydrogens (tertiary/aromatic N) is 2. The minimum atomic E-state index is -4.13. The predicted molar refractivity (Wildman–Crippen MR) is 135 cm³/mol. The maximum absolute atomic E-state index is 12.7. The molecule has 0 unspecified atom stereocenters. The van der Waals surface area contributed by atoms with Crippen LogP contribution in [0.15, 0.2) is 35.2 Å². The number of ether oxygens (including phenoxy) is 1. The van der Waals surface area contributed by atoms with Crippen LogP contribution in [0.4, 0.5) is 5.95 Å². The molecule has 1 spiro atoms. The average Bonchev–Trinajstić information content (AvgIpc) is 3.52. The Morgan fingerprint density at radius 2 is 1.97 bits per heavy atom. The molecule has 9 nitrogen and oxygen atoms in total. The van der Waals surface area contributed by atoms with E-state index in [1.807, 2.05) is 0 Å². The first-order chi connectivity index (χ1) is 16.0. The maximum atomic E-state index is 12.7. The molecule has 192 valence electrons. The van der Waals surface area contributed by atoms with Crippen molar-refractivity contribution < 1.29 is 23.1 Å². The number of carbonyl (C=O) groups is 1. The number of rotatable bonds is 11. The summed E-state index contributed by atoms with van der Waals surface area (Å²) in [6, 6.07) is 7.06. The highest BCUT2D eigenvalue weighted by molar-refractivity contribution is 7.92. The van der Waals surface area contributed by atoms with Gasteiger partial charge in [-0.05, 0) is 61.6 Å². The first-order valence-electron chi connectivity index (χ1n) is 11.3. The predicted octanol–water partition coefficient (Wildman–Crippen LogP) is 4.38. The van der Waals surface area contributed by atoms with Gasteiger partial charge in [-0.3, -0.25) is 0 Å². The van der Waals surface area contributed by atoms with E-state index in [1.54, 1.807) is 0 Å². The van der Waals surface area contributed by atoms with Crippen LogP contribution in [0.2, 0.25) is 5.15 Å². The molecule has 0 aliphatic heterocycles. The molecule has 0 bridgehead atoms. The van der Waals surface area contributed by atoms with Gasteiger partial charge in [-0.25, -0.2) is 22.9 Å². The number of benzene rings is 1. The molecule has 3 N–H and O–H groups in total. The highest BCUT2D eigenvalue weighted by atomic mass is 35.5. The number of halogens is 2. The number of anilines is 1. The van der Waals surface area contributed by atoms with Crippen molar-refractivity contribution in [3.8, 4) is 5.88 Å². The highest BCUT2D eigenvalue weighted by Crippen LogP contribution is 2.60. The number of carboxylic acids is 1. The normalized spacial score (nSPS) is 17.4. The molecular formula is C23H30Cl2N4O5S. The van der Waals surface area contributed by atoms with Crippen molar-refractivity contribution in [2.45, 2.75) is 62.9 Å². The zero-order valence-corrected chi connectivity index (χ0v) is 21.9. The van der Waals surface area contributed by atoms with Crippen LogP contribution in [0.3, 0.4) is 0 Å². The van der Waals surface area contributed by atoms with E-state index in [9.17, 15) is 13.2 Å². The van der Waals surface area contributed by atoms with Crippen molar-refractivity contribution in [3.63, 3.8) is 0 Å². The number of aromatic carboxylic acids is 1. The molecule has 2 aliphatic carbocycles. The zero-order valence-electron chi connectivity index (χ0n) is 19.5. The van der Waals surface area contributed by atoms with Gasteiger partial charge < -0.3 is 15.2 Å². The molecule has 2 aliphatic rings. The molecule has 1 heterocycles. The summed E-state index contributed by atoms with van der Waals surface area (Å²) in [5.41, 5.74) is 0.457. The van der Waals surface area contributed by atoms with E-state index in [-0.39, 0.29) is 45.9 Å². The van der Waals surface area contributed by atoms with Crippen LogP contribution in [-0.4, -0.2) is 48.2 Å². The quantitative estimate of drug-likeness (QED) is 0.355. The first-order valence-corrected chi connectivity index (χ1v) is 13.2. The lowest BCUT2D eigenvalue weighted by atomic mass is 9.76. The van der Waals surface area contributed by atoms with Gasteiger partial charge in [0.25, 0.3) is 10.0 Å². The Hall–Kier alpha value is -2.14. The zero-order chi connectivity index (χ0) is 24.5. The second kappa shape index (κ2) is 10.9. The summed E-state index contributed by atoms with van der Waals surface area (Å²) in [5, 5.41) is 12.8. The summed E-state index contributed by atoms with van der Waals surface area (Å²) in [6.07, 6.45) is 6.05. The first kappa shape index (κ1) is 27.4. The summed E-state index contributed by atoms with van der Waals surface area (Å²) in [4.78, 5) is 19.0. The molecule has 1 atom stereocenters. The summed E-state index contributed by atoms with van der Waals surface area (Å²) < 4.78 is 33.6. The van der Waals surface area contributed by atoms with Crippen molar-refractivity contribution in [2.75, 3.05) is 11.3 Å². The Bertz CT molecular complexity index is 1170. The van der Waals surface area contributed by atoms with Crippen LogP contribution in [0.5, 0.6) is 5.88 Å². The Morgan fingerprint density at radius 1 is 1.26 bits per heavy atom. The third-order valence-electron chi connectivity index (χ3n) is 6.26. The van der Waals surface area contributed by atoms with Crippen LogP contribution in [0, 0.1) is 11.3 Å². The van der Waals surface area contributed by atoms with Gasteiger partial charge in [0.1, 0.15) is 11.8 Å². The monoisotopic (exact) mass is 544 g/mol. The van der Waals surface area contributed by atoms with E-state index in [1.165, 1.54) is 49.9 Å². The molecular weight excluding hydrogens is 515 g/mol. The van der Waals surface area contributed by atoms with Gasteiger partial charge in [-0.15, -0.1) is 12.4 Å². The fourth-order valence-corrected chi connectivity index (χ4v) is 5.62. The molecule has 0 saturated heterocycles. The highest BCUT2D eigenvalue weighted by Gasteiger charge is 2.52. The Labute approximate surface area is 216 Å². The van der Waals surface area contributed by atoms with E-state index in [2.05, 4.69) is 33.9 Å². The van der Waals surface area contributed by atoms with Crippen LogP contribution in [-0.2, 0) is 10.0 Å². The standard InChI is InChI=1S/C23H29ClN4O5S.ClH/c1-14(2)8-16(25-17-11-23(12-17)6-7-23)13-33-20-10-19(24)26-22(27-20)28-34(31,32)18-5-3-4-15(9-18)21(29)30;/h3-5,9-10,14,16-17,25H,6-8,11-13H2,1-2H3,(H,29,30)(H,26,27,28);1H/t16-;/m1./s1. The molecule has 1 aromatic heterocycles. The number of carboxylic acid groups (broad SMARTS) is 1. The van der Waals surface area contributed by atoms with Crippen molar-refractivity contribution in [3.05, 3.63) is 41.0 Å². The fraction of sp³-hybridized carbons (Fsp3) is 0.522. The Kier molecular flexibility index (Phi) is 8.52. The number of aromatic nitrogens is 2. The lowest BCUT2D eigenvalue weighted by Crippen LogP contribution is -2.49. The number of nitrogens with one attached hydrogen (secondary N) is 2. The van der Waals surface area contributed by atoms with Crippen LogP contribution < -0.4 is 14.8 Å². The molecule has 2 saturated carbocycles. The summed E-state index contributed by atoms with van der Waals surface area (Å²) in [5.74, 6) is -0.856. The van der Waals surface area contributed by atoms with E-state index in [0.717, 1.165) is 12.5 Å². The lowest BCUT2D eigenvalue weighted by molar-refractivity contribution is 0.0696. The maximum Gasteiger partial charge on any atom is 0.335 e. The third kappa shape index (κ3) is 7.19. The van der Waals surface area contributed by atoms with Gasteiger partial charge >= 0.3 is 5.97 Å². The van der Waals surface area contributed by atoms with Crippen molar-refractivity contribution >= 4 is 45.9 Å². The van der Waals surface area contributed by atoms with Gasteiger partial charge in [-0.1, -0.05) is 31.5 Å². The van der Waals surface area contributed by atoms with E-state index in [4.69, 9.17) is 21.4 Å². The van der Waals surface area contributed by atoms with E-state index >= 15 is 0 Å². The fourth-order valence-electron chi connectivity index (χ4n) is 4.45. The molecule has 1 aromatic carbocycles. The Morgan fingerprint density at radius 3 is 2.60 bits per heavy atom. The Balaban J connectivity index is 0.00000342. The van der Waals surface area contributed by atoms with Gasteiger partial charge in [0.2, 0.25) is 11.8 Å². The number of hydrogen-bond donors (Lipinski definition) is 3. The number of sulfonamides is 1. The van der Waals surface area contributed by atoms with Gasteiger partial charge in [-0.2, -0.15) is 4.98 Å². The SMILES string of the molecule is CC(C)C[C@H](COc1cc(Cl)nc(NS(=O)(=O)c2cccc(C(=O)O)c2)n1)NC1CC2(CC2)C1.Cl. The third-order valence-corrected chi connectivity index (χ3v) is 7.78. The minimum absolute atomic E-state index is 0. The van der Waals surface area contributed by atoms with Crippen molar-refractivity contribution in [2.24, 2.45) is 11.3 Å². The lowest BCUT2D eigenvalue weighted by Gasteiger charge is -2.39. The second-order valence-electron chi connectivity index (χ2n) is 9.70. The molecule has 0 amide bonds. The van der Waals surface area contributed by atoms with E-state index < -0.39 is 16.0 Å². The van der Waals surface area contributed by atoms with Crippen LogP contribution in [0.1, 0.15) is 56.3 Å². The average molecular weight is 545 g/mol. The summed E-state index contributed by atoms with van der Waals surface area (Å²) >= 11 is 6.09. The summed E-state index contributed by atoms with van der Waals surface area (Å²) in [6.45, 7) is 4.68. The molecule has 12 heteroatoms. The van der Waals surface area contributed by atoms with Gasteiger partial charge in [0, 0.05) is 18.2 Å². The summed E-state index contributed by atoms with van der Waals surface area (Å²) in [7, 11) is -4.13. The minimum Gasteiger partial charge on any atom is -0.478 e. The molecule has 0 radical (unpaired) electrons. The smallest absolute Gasteiger partial charge is 0.335 e. The van der Waals surface area contributed by atoms with Gasteiger partial charge in [0.05, 0.1) is 10.5 Å². The van der Waals surface area contributed by atoms with Crippen molar-refractivity contribution in [1.82, 2.24) is 15.3 Å². The van der Waals surface area contributed by atoms with Gasteiger partial charge in [0.15, 0.2) is 0 Å². The largest absolute Gasteiger partial charge is 0.478 e. The topological polar surface area (TPSA) is 131 Å². The second-order valence-corrected chi connectivity index (χ2v) is 11.8.